The third-order valence-electron chi connectivity index (χ3n) is 2.19. The van der Waals surface area contributed by atoms with E-state index in [1.807, 2.05) is 0 Å². The van der Waals surface area contributed by atoms with Crippen LogP contribution in [-0.4, -0.2) is 11.3 Å². The molecule has 0 saturated heterocycles. The van der Waals surface area contributed by atoms with E-state index in [-0.39, 0.29) is 5.82 Å². The van der Waals surface area contributed by atoms with Crippen molar-refractivity contribution >= 4 is 33.1 Å². The number of aromatic nitrogens is 1. The van der Waals surface area contributed by atoms with E-state index < -0.39 is 0 Å². The molecule has 0 amide bonds. The highest BCUT2D eigenvalue weighted by Gasteiger charge is 2.10. The lowest BCUT2D eigenvalue weighted by atomic mass is 10.1. The molecule has 1 N–H and O–H groups in total. The SMILES string of the molecule is Cc1[nH]c2cc(F)c(Br)cc2c1C=O. The van der Waals surface area contributed by atoms with E-state index in [1.54, 1.807) is 13.0 Å². The highest BCUT2D eigenvalue weighted by Crippen LogP contribution is 2.26. The van der Waals surface area contributed by atoms with Crippen LogP contribution in [0.5, 0.6) is 0 Å². The Hall–Kier alpha value is -1.16. The Morgan fingerprint density at radius 2 is 2.21 bits per heavy atom. The van der Waals surface area contributed by atoms with E-state index in [2.05, 4.69) is 20.9 Å². The van der Waals surface area contributed by atoms with Gasteiger partial charge in [0, 0.05) is 22.2 Å². The molecule has 4 heteroatoms. The molecule has 2 aromatic rings. The minimum Gasteiger partial charge on any atom is -0.358 e. The summed E-state index contributed by atoms with van der Waals surface area (Å²) in [7, 11) is 0. The van der Waals surface area contributed by atoms with Crippen molar-refractivity contribution in [1.29, 1.82) is 0 Å². The molecule has 1 heterocycles. The van der Waals surface area contributed by atoms with Gasteiger partial charge >= 0.3 is 0 Å². The molecule has 0 spiro atoms. The topological polar surface area (TPSA) is 32.9 Å². The van der Waals surface area contributed by atoms with Crippen LogP contribution in [0.3, 0.4) is 0 Å². The maximum atomic E-state index is 13.1. The van der Waals surface area contributed by atoms with Crippen LogP contribution in [0.1, 0.15) is 16.1 Å². The molecule has 0 unspecified atom stereocenters. The molecule has 0 aliphatic rings. The molecular formula is C10H7BrFNO. The maximum absolute atomic E-state index is 13.1. The minimum absolute atomic E-state index is 0.337. The van der Waals surface area contributed by atoms with Crippen LogP contribution >= 0.6 is 15.9 Å². The lowest BCUT2D eigenvalue weighted by Crippen LogP contribution is -1.81. The number of hydrogen-bond acceptors (Lipinski definition) is 1. The summed E-state index contributed by atoms with van der Waals surface area (Å²) in [5.74, 6) is -0.337. The van der Waals surface area contributed by atoms with Gasteiger partial charge in [-0.25, -0.2) is 4.39 Å². The van der Waals surface area contributed by atoms with Crippen LogP contribution in [0.15, 0.2) is 16.6 Å². The Morgan fingerprint density at radius 3 is 2.86 bits per heavy atom. The Morgan fingerprint density at radius 1 is 1.50 bits per heavy atom. The summed E-state index contributed by atoms with van der Waals surface area (Å²) < 4.78 is 13.5. The van der Waals surface area contributed by atoms with Gasteiger partial charge in [0.1, 0.15) is 5.82 Å². The van der Waals surface area contributed by atoms with Gasteiger partial charge in [0.15, 0.2) is 6.29 Å². The first-order valence-corrected chi connectivity index (χ1v) is 4.85. The molecule has 0 fully saturated rings. The summed E-state index contributed by atoms with van der Waals surface area (Å²) in [4.78, 5) is 13.7. The van der Waals surface area contributed by atoms with E-state index in [1.165, 1.54) is 6.07 Å². The quantitative estimate of drug-likeness (QED) is 0.781. The van der Waals surface area contributed by atoms with Gasteiger partial charge in [0.25, 0.3) is 0 Å². The third kappa shape index (κ3) is 1.26. The molecule has 0 aliphatic heterocycles. The Labute approximate surface area is 88.2 Å². The number of nitrogens with one attached hydrogen (secondary N) is 1. The Kier molecular flexibility index (Phi) is 2.15. The number of benzene rings is 1. The number of aryl methyl sites for hydroxylation is 1. The molecule has 1 aromatic carbocycles. The van der Waals surface area contributed by atoms with Gasteiger partial charge in [-0.15, -0.1) is 0 Å². The van der Waals surface area contributed by atoms with Crippen molar-refractivity contribution < 1.29 is 9.18 Å². The number of carbonyl (C=O) groups excluding carboxylic acids is 1. The first-order chi connectivity index (χ1) is 6.63. The fourth-order valence-electron chi connectivity index (χ4n) is 1.50. The molecule has 0 saturated carbocycles. The zero-order chi connectivity index (χ0) is 10.3. The van der Waals surface area contributed by atoms with Crippen molar-refractivity contribution in [3.63, 3.8) is 0 Å². The maximum Gasteiger partial charge on any atom is 0.152 e. The van der Waals surface area contributed by atoms with Gasteiger partial charge < -0.3 is 4.98 Å². The molecule has 1 aromatic heterocycles. The smallest absolute Gasteiger partial charge is 0.152 e. The normalized spacial score (nSPS) is 10.8. The molecule has 0 atom stereocenters. The van der Waals surface area contributed by atoms with Crippen molar-refractivity contribution in [2.45, 2.75) is 6.92 Å². The van der Waals surface area contributed by atoms with Gasteiger partial charge in [-0.1, -0.05) is 0 Å². The van der Waals surface area contributed by atoms with Crippen molar-refractivity contribution in [2.75, 3.05) is 0 Å². The van der Waals surface area contributed by atoms with Gasteiger partial charge in [0.2, 0.25) is 0 Å². The van der Waals surface area contributed by atoms with Crippen LogP contribution in [0.4, 0.5) is 4.39 Å². The molecule has 0 aliphatic carbocycles. The molecular weight excluding hydrogens is 249 g/mol. The van der Waals surface area contributed by atoms with Crippen LogP contribution in [0.25, 0.3) is 10.9 Å². The van der Waals surface area contributed by atoms with E-state index in [4.69, 9.17) is 0 Å². The lowest BCUT2D eigenvalue weighted by Gasteiger charge is -1.94. The van der Waals surface area contributed by atoms with E-state index in [9.17, 15) is 9.18 Å². The highest BCUT2D eigenvalue weighted by molar-refractivity contribution is 9.10. The number of fused-ring (bicyclic) bond motifs is 1. The monoisotopic (exact) mass is 255 g/mol. The minimum atomic E-state index is -0.337. The Balaban J connectivity index is 2.89. The highest BCUT2D eigenvalue weighted by atomic mass is 79.9. The molecule has 2 nitrogen and oxygen atoms in total. The van der Waals surface area contributed by atoms with Crippen LogP contribution in [-0.2, 0) is 0 Å². The van der Waals surface area contributed by atoms with Crippen LogP contribution < -0.4 is 0 Å². The number of hydrogen-bond donors (Lipinski definition) is 1. The number of H-pyrrole nitrogens is 1. The lowest BCUT2D eigenvalue weighted by molar-refractivity contribution is 0.112. The van der Waals surface area contributed by atoms with Crippen LogP contribution in [0.2, 0.25) is 0 Å². The standard InChI is InChI=1S/C10H7BrFNO/c1-5-7(4-14)6-2-8(11)9(12)3-10(6)13-5/h2-4,13H,1H3. The van der Waals surface area contributed by atoms with Gasteiger partial charge in [-0.3, -0.25) is 4.79 Å². The van der Waals surface area contributed by atoms with Crippen molar-refractivity contribution in [3.8, 4) is 0 Å². The van der Waals surface area contributed by atoms with Crippen molar-refractivity contribution in [2.24, 2.45) is 0 Å². The second-order valence-corrected chi connectivity index (χ2v) is 3.95. The average Bonchev–Trinajstić information content (AvgIpc) is 2.42. The number of aldehydes is 1. The van der Waals surface area contributed by atoms with Gasteiger partial charge in [-0.05, 0) is 35.0 Å². The van der Waals surface area contributed by atoms with Gasteiger partial charge in [-0.2, -0.15) is 0 Å². The molecule has 0 radical (unpaired) electrons. The van der Waals surface area contributed by atoms with Crippen LogP contribution in [0, 0.1) is 12.7 Å². The summed E-state index contributed by atoms with van der Waals surface area (Å²) >= 11 is 3.08. The van der Waals surface area contributed by atoms with Crippen molar-refractivity contribution in [3.05, 3.63) is 33.7 Å². The van der Waals surface area contributed by atoms with E-state index >= 15 is 0 Å². The zero-order valence-corrected chi connectivity index (χ0v) is 8.98. The molecule has 72 valence electrons. The third-order valence-corrected chi connectivity index (χ3v) is 2.80. The number of carbonyl (C=O) groups is 1. The van der Waals surface area contributed by atoms with Gasteiger partial charge in [0.05, 0.1) is 4.47 Å². The fourth-order valence-corrected chi connectivity index (χ4v) is 1.84. The summed E-state index contributed by atoms with van der Waals surface area (Å²) in [6.45, 7) is 1.79. The fraction of sp³-hybridized carbons (Fsp3) is 0.100. The summed E-state index contributed by atoms with van der Waals surface area (Å²) in [6.07, 6.45) is 0.776. The second kappa shape index (κ2) is 3.20. The second-order valence-electron chi connectivity index (χ2n) is 3.09. The largest absolute Gasteiger partial charge is 0.358 e. The predicted molar refractivity (Wildman–Crippen MR) is 56.1 cm³/mol. The van der Waals surface area contributed by atoms with Crippen molar-refractivity contribution in [1.82, 2.24) is 4.98 Å². The summed E-state index contributed by atoms with van der Waals surface area (Å²) in [6, 6.07) is 2.98. The first-order valence-electron chi connectivity index (χ1n) is 4.06. The predicted octanol–water partition coefficient (Wildman–Crippen LogP) is 3.19. The zero-order valence-electron chi connectivity index (χ0n) is 7.40. The number of aromatic amines is 1. The first kappa shape index (κ1) is 9.40. The molecule has 0 bridgehead atoms. The summed E-state index contributed by atoms with van der Waals surface area (Å²) in [5, 5.41) is 0.741. The average molecular weight is 256 g/mol. The molecule has 14 heavy (non-hydrogen) atoms. The van der Waals surface area contributed by atoms with E-state index in [0.717, 1.165) is 17.4 Å². The number of halogens is 2. The number of rotatable bonds is 1. The summed E-state index contributed by atoms with van der Waals surface area (Å²) in [5.41, 5.74) is 1.98. The van der Waals surface area contributed by atoms with E-state index in [0.29, 0.717) is 15.6 Å². The molecule has 2 rings (SSSR count). The Bertz CT molecular complexity index is 518.